The fourth-order valence-corrected chi connectivity index (χ4v) is 3.31. The number of methoxy groups -OCH3 is 2. The Hall–Kier alpha value is -2.57. The highest BCUT2D eigenvalue weighted by Crippen LogP contribution is 2.36. The molecule has 7 nitrogen and oxygen atoms in total. The molecule has 0 bridgehead atoms. The normalized spacial score (nSPS) is 16.9. The molecule has 1 amide bonds. The number of aromatic nitrogens is 3. The van der Waals surface area contributed by atoms with Gasteiger partial charge in [-0.3, -0.25) is 4.79 Å². The van der Waals surface area contributed by atoms with Crippen molar-refractivity contribution in [3.05, 3.63) is 35.9 Å². The number of amides is 1. The van der Waals surface area contributed by atoms with Gasteiger partial charge in [-0.05, 0) is 24.6 Å². The Morgan fingerprint density at radius 1 is 1.32 bits per heavy atom. The number of aryl methyl sites for hydroxylation is 2. The summed E-state index contributed by atoms with van der Waals surface area (Å²) in [6.45, 7) is 1.48. The van der Waals surface area contributed by atoms with E-state index in [1.807, 2.05) is 34.7 Å². The Kier molecular flexibility index (Phi) is 5.21. The highest BCUT2D eigenvalue weighted by molar-refractivity contribution is 5.76. The van der Waals surface area contributed by atoms with Gasteiger partial charge < -0.3 is 18.9 Å². The van der Waals surface area contributed by atoms with E-state index in [4.69, 9.17) is 9.47 Å². The summed E-state index contributed by atoms with van der Waals surface area (Å²) in [7, 11) is 5.22. The minimum Gasteiger partial charge on any atom is -0.497 e. The van der Waals surface area contributed by atoms with E-state index in [1.54, 1.807) is 20.5 Å². The smallest absolute Gasteiger partial charge is 0.223 e. The van der Waals surface area contributed by atoms with E-state index in [1.165, 1.54) is 0 Å². The molecule has 1 aliphatic rings. The van der Waals surface area contributed by atoms with Gasteiger partial charge in [0.05, 0.1) is 14.2 Å². The molecule has 1 aliphatic heterocycles. The molecule has 2 aromatic rings. The lowest BCUT2D eigenvalue weighted by Crippen LogP contribution is -2.28. The third-order valence-electron chi connectivity index (χ3n) is 4.79. The second kappa shape index (κ2) is 7.55. The van der Waals surface area contributed by atoms with Crippen LogP contribution in [0.25, 0.3) is 0 Å². The highest BCUT2D eigenvalue weighted by Gasteiger charge is 2.29. The van der Waals surface area contributed by atoms with Gasteiger partial charge in [-0.15, -0.1) is 10.2 Å². The number of carbonyl (C=O) groups excluding carboxylic acids is 1. The summed E-state index contributed by atoms with van der Waals surface area (Å²) in [5, 5.41) is 7.88. The van der Waals surface area contributed by atoms with Gasteiger partial charge in [0.25, 0.3) is 0 Å². The van der Waals surface area contributed by atoms with Crippen LogP contribution in [0.2, 0.25) is 0 Å². The van der Waals surface area contributed by atoms with Crippen LogP contribution in [-0.2, 0) is 18.3 Å². The molecule has 0 radical (unpaired) electrons. The molecule has 1 saturated heterocycles. The van der Waals surface area contributed by atoms with Gasteiger partial charge in [-0.1, -0.05) is 0 Å². The van der Waals surface area contributed by atoms with Crippen molar-refractivity contribution in [1.82, 2.24) is 19.7 Å². The number of hydrogen-bond acceptors (Lipinski definition) is 5. The molecule has 1 fully saturated rings. The number of ether oxygens (including phenoxy) is 2. The lowest BCUT2D eigenvalue weighted by Gasteiger charge is -2.18. The molecule has 7 heteroatoms. The van der Waals surface area contributed by atoms with Crippen LogP contribution in [0, 0.1) is 0 Å². The van der Waals surface area contributed by atoms with Crippen molar-refractivity contribution in [1.29, 1.82) is 0 Å². The molecule has 1 atom stereocenters. The number of nitrogens with zero attached hydrogens (tertiary/aromatic N) is 4. The maximum atomic E-state index is 12.5. The first-order valence-corrected chi connectivity index (χ1v) is 8.45. The third-order valence-corrected chi connectivity index (χ3v) is 4.79. The molecule has 0 aliphatic carbocycles. The van der Waals surface area contributed by atoms with Crippen LogP contribution >= 0.6 is 0 Å². The Morgan fingerprint density at radius 3 is 2.84 bits per heavy atom. The average Bonchev–Trinajstić information content (AvgIpc) is 3.28. The highest BCUT2D eigenvalue weighted by atomic mass is 16.5. The topological polar surface area (TPSA) is 69.5 Å². The van der Waals surface area contributed by atoms with Gasteiger partial charge >= 0.3 is 0 Å². The summed E-state index contributed by atoms with van der Waals surface area (Å²) in [6, 6.07) is 5.82. The van der Waals surface area contributed by atoms with Crippen LogP contribution in [0.5, 0.6) is 11.5 Å². The Balaban J connectivity index is 1.63. The van der Waals surface area contributed by atoms with Crippen molar-refractivity contribution >= 4 is 5.91 Å². The van der Waals surface area contributed by atoms with Crippen molar-refractivity contribution < 1.29 is 14.3 Å². The Bertz CT molecular complexity index is 744. The number of carbonyl (C=O) groups is 1. The van der Waals surface area contributed by atoms with Crippen molar-refractivity contribution in [2.45, 2.75) is 25.2 Å². The van der Waals surface area contributed by atoms with E-state index < -0.39 is 0 Å². The molecule has 25 heavy (non-hydrogen) atoms. The van der Waals surface area contributed by atoms with Crippen LogP contribution in [0.1, 0.15) is 30.1 Å². The van der Waals surface area contributed by atoms with E-state index in [-0.39, 0.29) is 11.8 Å². The number of benzene rings is 1. The first-order valence-electron chi connectivity index (χ1n) is 8.45. The summed E-state index contributed by atoms with van der Waals surface area (Å²) < 4.78 is 12.7. The summed E-state index contributed by atoms with van der Waals surface area (Å²) >= 11 is 0. The first kappa shape index (κ1) is 17.3. The van der Waals surface area contributed by atoms with Crippen molar-refractivity contribution in [2.24, 2.45) is 7.05 Å². The van der Waals surface area contributed by atoms with Gasteiger partial charge in [0.1, 0.15) is 23.7 Å². The minimum absolute atomic E-state index is 0.160. The monoisotopic (exact) mass is 344 g/mol. The second-order valence-corrected chi connectivity index (χ2v) is 6.29. The van der Waals surface area contributed by atoms with Crippen LogP contribution in [0.15, 0.2) is 24.5 Å². The molecule has 1 aromatic heterocycles. The van der Waals surface area contributed by atoms with Crippen LogP contribution in [0.3, 0.4) is 0 Å². The van der Waals surface area contributed by atoms with E-state index >= 15 is 0 Å². The summed E-state index contributed by atoms with van der Waals surface area (Å²) in [5.41, 5.74) is 1.10. The molecule has 0 spiro atoms. The lowest BCUT2D eigenvalue weighted by molar-refractivity contribution is -0.130. The Labute approximate surface area is 147 Å². The zero-order valence-electron chi connectivity index (χ0n) is 14.9. The van der Waals surface area contributed by atoms with E-state index in [2.05, 4.69) is 10.2 Å². The van der Waals surface area contributed by atoms with Gasteiger partial charge in [-0.2, -0.15) is 0 Å². The minimum atomic E-state index is 0.160. The fourth-order valence-electron chi connectivity index (χ4n) is 3.31. The van der Waals surface area contributed by atoms with E-state index in [0.29, 0.717) is 19.4 Å². The van der Waals surface area contributed by atoms with Crippen LogP contribution in [-0.4, -0.2) is 52.9 Å². The molecule has 1 aromatic carbocycles. The Morgan fingerprint density at radius 2 is 2.16 bits per heavy atom. The zero-order valence-corrected chi connectivity index (χ0v) is 14.9. The lowest BCUT2D eigenvalue weighted by atomic mass is 9.97. The largest absolute Gasteiger partial charge is 0.497 e. The first-order chi connectivity index (χ1) is 12.1. The number of rotatable bonds is 6. The molecular weight excluding hydrogens is 320 g/mol. The molecule has 0 saturated carbocycles. The predicted octanol–water partition coefficient (Wildman–Crippen LogP) is 1.78. The second-order valence-electron chi connectivity index (χ2n) is 6.29. The SMILES string of the molecule is COc1ccc(OC)c([C@@H]2CCN(C(=O)CCc3nncn3C)C2)c1. The molecule has 134 valence electrons. The van der Waals surface area contributed by atoms with Gasteiger partial charge in [-0.25, -0.2) is 0 Å². The van der Waals surface area contributed by atoms with Crippen molar-refractivity contribution in [3.63, 3.8) is 0 Å². The molecule has 0 N–H and O–H groups in total. The standard InChI is InChI=1S/C18H24N4O3/c1-21-12-19-20-17(21)6-7-18(23)22-9-8-13(11-22)15-10-14(24-2)4-5-16(15)25-3/h4-5,10,12-13H,6-9,11H2,1-3H3/t13-/m1/s1. The van der Waals surface area contributed by atoms with Gasteiger partial charge in [0.2, 0.25) is 5.91 Å². The molecule has 0 unspecified atom stereocenters. The fraction of sp³-hybridized carbons (Fsp3) is 0.500. The summed E-state index contributed by atoms with van der Waals surface area (Å²) in [5.74, 6) is 2.91. The zero-order chi connectivity index (χ0) is 17.8. The predicted molar refractivity (Wildman–Crippen MR) is 92.8 cm³/mol. The average molecular weight is 344 g/mol. The maximum Gasteiger partial charge on any atom is 0.223 e. The van der Waals surface area contributed by atoms with Gasteiger partial charge in [0.15, 0.2) is 0 Å². The quantitative estimate of drug-likeness (QED) is 0.799. The third kappa shape index (κ3) is 3.75. The van der Waals surface area contributed by atoms with E-state index in [0.717, 1.165) is 35.9 Å². The van der Waals surface area contributed by atoms with Crippen LogP contribution in [0.4, 0.5) is 0 Å². The van der Waals surface area contributed by atoms with Crippen LogP contribution < -0.4 is 9.47 Å². The van der Waals surface area contributed by atoms with Gasteiger partial charge in [0, 0.05) is 44.5 Å². The molecule has 3 rings (SSSR count). The number of hydrogen-bond donors (Lipinski definition) is 0. The molecular formula is C18H24N4O3. The molecule has 2 heterocycles. The summed E-state index contributed by atoms with van der Waals surface area (Å²) in [4.78, 5) is 14.4. The summed E-state index contributed by atoms with van der Waals surface area (Å²) in [6.07, 6.45) is 3.65. The number of likely N-dealkylation sites (tertiary alicyclic amines) is 1. The van der Waals surface area contributed by atoms with E-state index in [9.17, 15) is 4.79 Å². The van der Waals surface area contributed by atoms with Crippen molar-refractivity contribution in [2.75, 3.05) is 27.3 Å². The van der Waals surface area contributed by atoms with Crippen molar-refractivity contribution in [3.8, 4) is 11.5 Å². The maximum absolute atomic E-state index is 12.5.